The Bertz CT molecular complexity index is 266. The number of rotatable bonds is 6. The third-order valence-corrected chi connectivity index (χ3v) is 3.19. The number of nitrogens with zero attached hydrogens (tertiary/aromatic N) is 2. The third-order valence-electron chi connectivity index (χ3n) is 2.11. The molecule has 1 heterocycles. The van der Waals surface area contributed by atoms with E-state index < -0.39 is 0 Å². The average Bonchev–Trinajstić information content (AvgIpc) is 2.19. The lowest BCUT2D eigenvalue weighted by atomic mass is 10.2. The highest BCUT2D eigenvalue weighted by Gasteiger charge is 2.09. The first-order valence-corrected chi connectivity index (χ1v) is 6.26. The van der Waals surface area contributed by atoms with Crippen molar-refractivity contribution in [3.8, 4) is 0 Å². The standard InChI is InChI=1S/C11H19N3S/c1-4-13-9(2)7-10(3)15-11-5-6-12-8-14-11/h5-6,8-10,13H,4,7H2,1-3H3. The molecule has 0 spiro atoms. The molecule has 1 N–H and O–H groups in total. The summed E-state index contributed by atoms with van der Waals surface area (Å²) in [6.07, 6.45) is 4.54. The summed E-state index contributed by atoms with van der Waals surface area (Å²) in [5, 5.41) is 5.05. The second kappa shape index (κ2) is 6.80. The molecule has 0 fully saturated rings. The van der Waals surface area contributed by atoms with Gasteiger partial charge >= 0.3 is 0 Å². The number of thioether (sulfide) groups is 1. The summed E-state index contributed by atoms with van der Waals surface area (Å²) < 4.78 is 0. The summed E-state index contributed by atoms with van der Waals surface area (Å²) in [6, 6.07) is 2.53. The molecule has 0 aliphatic carbocycles. The van der Waals surface area contributed by atoms with Gasteiger partial charge in [0.2, 0.25) is 0 Å². The van der Waals surface area contributed by atoms with Gasteiger partial charge in [-0.3, -0.25) is 0 Å². The maximum absolute atomic E-state index is 4.20. The van der Waals surface area contributed by atoms with Crippen molar-refractivity contribution >= 4 is 11.8 Å². The van der Waals surface area contributed by atoms with Crippen molar-refractivity contribution in [3.05, 3.63) is 18.6 Å². The minimum absolute atomic E-state index is 0.569. The Balaban J connectivity index is 2.33. The van der Waals surface area contributed by atoms with E-state index in [2.05, 4.69) is 36.1 Å². The van der Waals surface area contributed by atoms with Gasteiger partial charge in [-0.25, -0.2) is 9.97 Å². The zero-order valence-corrected chi connectivity index (χ0v) is 10.4. The highest BCUT2D eigenvalue weighted by molar-refractivity contribution is 7.99. The lowest BCUT2D eigenvalue weighted by Crippen LogP contribution is -2.28. The van der Waals surface area contributed by atoms with Crippen molar-refractivity contribution in [1.29, 1.82) is 0 Å². The van der Waals surface area contributed by atoms with Gasteiger partial charge in [0.15, 0.2) is 0 Å². The summed E-state index contributed by atoms with van der Waals surface area (Å²) >= 11 is 1.81. The van der Waals surface area contributed by atoms with E-state index in [1.54, 1.807) is 24.3 Å². The molecule has 0 saturated carbocycles. The Labute approximate surface area is 96.1 Å². The maximum Gasteiger partial charge on any atom is 0.116 e. The van der Waals surface area contributed by atoms with Crippen molar-refractivity contribution in [2.24, 2.45) is 0 Å². The lowest BCUT2D eigenvalue weighted by Gasteiger charge is -2.16. The van der Waals surface area contributed by atoms with E-state index in [0.717, 1.165) is 18.0 Å². The van der Waals surface area contributed by atoms with Crippen LogP contribution in [-0.2, 0) is 0 Å². The predicted octanol–water partition coefficient (Wildman–Crippen LogP) is 2.35. The zero-order chi connectivity index (χ0) is 11.1. The molecule has 0 amide bonds. The Kier molecular flexibility index (Phi) is 5.65. The van der Waals surface area contributed by atoms with Crippen molar-refractivity contribution < 1.29 is 0 Å². The van der Waals surface area contributed by atoms with Gasteiger partial charge in [-0.05, 0) is 26.0 Å². The van der Waals surface area contributed by atoms with Gasteiger partial charge in [-0.2, -0.15) is 0 Å². The molecule has 0 radical (unpaired) electrons. The summed E-state index contributed by atoms with van der Waals surface area (Å²) in [6.45, 7) is 7.63. The monoisotopic (exact) mass is 225 g/mol. The predicted molar refractivity (Wildman–Crippen MR) is 65.1 cm³/mol. The van der Waals surface area contributed by atoms with Gasteiger partial charge in [-0.15, -0.1) is 11.8 Å². The maximum atomic E-state index is 4.20. The Hall–Kier alpha value is -0.610. The first-order valence-electron chi connectivity index (χ1n) is 5.38. The summed E-state index contributed by atoms with van der Waals surface area (Å²) in [7, 11) is 0. The molecule has 0 saturated heterocycles. The summed E-state index contributed by atoms with van der Waals surface area (Å²) in [5.41, 5.74) is 0. The van der Waals surface area contributed by atoms with Gasteiger partial charge in [0.25, 0.3) is 0 Å². The molecule has 1 aromatic heterocycles. The highest BCUT2D eigenvalue weighted by Crippen LogP contribution is 2.23. The molecule has 1 aromatic rings. The molecule has 4 heteroatoms. The van der Waals surface area contributed by atoms with E-state index in [-0.39, 0.29) is 0 Å². The molecule has 2 atom stereocenters. The van der Waals surface area contributed by atoms with E-state index in [4.69, 9.17) is 0 Å². The lowest BCUT2D eigenvalue weighted by molar-refractivity contribution is 0.530. The zero-order valence-electron chi connectivity index (χ0n) is 9.60. The van der Waals surface area contributed by atoms with Crippen molar-refractivity contribution in [2.75, 3.05) is 6.54 Å². The van der Waals surface area contributed by atoms with Crippen molar-refractivity contribution in [1.82, 2.24) is 15.3 Å². The molecule has 0 aromatic carbocycles. The van der Waals surface area contributed by atoms with Crippen LogP contribution in [0, 0.1) is 0 Å². The SMILES string of the molecule is CCNC(C)CC(C)Sc1ccncn1. The first kappa shape index (κ1) is 12.5. The van der Waals surface area contributed by atoms with Crippen LogP contribution in [0.2, 0.25) is 0 Å². The molecule has 3 nitrogen and oxygen atoms in total. The van der Waals surface area contributed by atoms with E-state index in [9.17, 15) is 0 Å². The normalized spacial score (nSPS) is 14.9. The van der Waals surface area contributed by atoms with E-state index in [0.29, 0.717) is 11.3 Å². The topological polar surface area (TPSA) is 37.8 Å². The fourth-order valence-electron chi connectivity index (χ4n) is 1.53. The van der Waals surface area contributed by atoms with Gasteiger partial charge in [0.05, 0.1) is 5.03 Å². The van der Waals surface area contributed by atoms with Crippen LogP contribution in [-0.4, -0.2) is 27.8 Å². The number of hydrogen-bond acceptors (Lipinski definition) is 4. The summed E-state index contributed by atoms with van der Waals surface area (Å²) in [4.78, 5) is 8.11. The van der Waals surface area contributed by atoms with Crippen molar-refractivity contribution in [3.63, 3.8) is 0 Å². The Morgan fingerprint density at radius 3 is 2.87 bits per heavy atom. The molecule has 0 bridgehead atoms. The minimum atomic E-state index is 0.569. The van der Waals surface area contributed by atoms with Gasteiger partial charge in [0.1, 0.15) is 6.33 Å². The Morgan fingerprint density at radius 1 is 1.47 bits per heavy atom. The molecular formula is C11H19N3S. The second-order valence-corrected chi connectivity index (χ2v) is 5.13. The smallest absolute Gasteiger partial charge is 0.116 e. The first-order chi connectivity index (χ1) is 7.22. The van der Waals surface area contributed by atoms with Crippen LogP contribution in [0.5, 0.6) is 0 Å². The largest absolute Gasteiger partial charge is 0.314 e. The van der Waals surface area contributed by atoms with Gasteiger partial charge in [-0.1, -0.05) is 13.8 Å². The van der Waals surface area contributed by atoms with Crippen LogP contribution >= 0.6 is 11.8 Å². The van der Waals surface area contributed by atoms with Crippen LogP contribution in [0.3, 0.4) is 0 Å². The van der Waals surface area contributed by atoms with Gasteiger partial charge in [0, 0.05) is 17.5 Å². The Morgan fingerprint density at radius 2 is 2.27 bits per heavy atom. The molecule has 1 rings (SSSR count). The van der Waals surface area contributed by atoms with Gasteiger partial charge < -0.3 is 5.32 Å². The van der Waals surface area contributed by atoms with Crippen LogP contribution in [0.1, 0.15) is 27.2 Å². The van der Waals surface area contributed by atoms with Crippen LogP contribution < -0.4 is 5.32 Å². The van der Waals surface area contributed by atoms with E-state index in [1.807, 2.05) is 6.07 Å². The number of aromatic nitrogens is 2. The quantitative estimate of drug-likeness (QED) is 0.596. The molecule has 0 aliphatic heterocycles. The fraction of sp³-hybridized carbons (Fsp3) is 0.636. The van der Waals surface area contributed by atoms with Crippen molar-refractivity contribution in [2.45, 2.75) is 43.5 Å². The average molecular weight is 225 g/mol. The van der Waals surface area contributed by atoms with E-state index >= 15 is 0 Å². The molecular weight excluding hydrogens is 206 g/mol. The minimum Gasteiger partial charge on any atom is -0.314 e. The highest BCUT2D eigenvalue weighted by atomic mass is 32.2. The fourth-order valence-corrected chi connectivity index (χ4v) is 2.58. The summed E-state index contributed by atoms with van der Waals surface area (Å²) in [5.74, 6) is 0. The molecule has 2 unspecified atom stereocenters. The second-order valence-electron chi connectivity index (χ2n) is 3.67. The third kappa shape index (κ3) is 5.14. The molecule has 15 heavy (non-hydrogen) atoms. The number of hydrogen-bond donors (Lipinski definition) is 1. The molecule has 84 valence electrons. The molecule has 0 aliphatic rings. The van der Waals surface area contributed by atoms with E-state index in [1.165, 1.54) is 0 Å². The number of nitrogens with one attached hydrogen (secondary N) is 1. The van der Waals surface area contributed by atoms with Crippen LogP contribution in [0.15, 0.2) is 23.6 Å². The van der Waals surface area contributed by atoms with Crippen LogP contribution in [0.25, 0.3) is 0 Å². The van der Waals surface area contributed by atoms with Crippen LogP contribution in [0.4, 0.5) is 0 Å².